The van der Waals surface area contributed by atoms with Crippen molar-refractivity contribution in [2.24, 2.45) is 0 Å². The molecule has 74 valence electrons. The smallest absolute Gasteiger partial charge is 0.172 e. The molecule has 4 nitrogen and oxygen atoms in total. The standard InChI is InChI=1S/C9H5BrN4S/c10-7-2-1-6(15-7)9-13-5(4-11)3-8(12)14-9/h1-3H,(H2,12,13,14). The van der Waals surface area contributed by atoms with Gasteiger partial charge in [0.15, 0.2) is 5.82 Å². The van der Waals surface area contributed by atoms with Gasteiger partial charge in [-0.25, -0.2) is 9.97 Å². The molecule has 6 heteroatoms. The average molecular weight is 281 g/mol. The zero-order valence-electron chi connectivity index (χ0n) is 7.44. The molecule has 2 aromatic heterocycles. The number of nitrogens with zero attached hydrogens (tertiary/aromatic N) is 3. The van der Waals surface area contributed by atoms with Crippen molar-refractivity contribution in [3.8, 4) is 16.8 Å². The highest BCUT2D eigenvalue weighted by Crippen LogP contribution is 2.29. The summed E-state index contributed by atoms with van der Waals surface area (Å²) in [5, 5.41) is 8.74. The van der Waals surface area contributed by atoms with Gasteiger partial charge >= 0.3 is 0 Å². The number of rotatable bonds is 1. The van der Waals surface area contributed by atoms with Crippen LogP contribution in [0.25, 0.3) is 10.7 Å². The topological polar surface area (TPSA) is 75.6 Å². The van der Waals surface area contributed by atoms with Gasteiger partial charge in [0, 0.05) is 6.07 Å². The van der Waals surface area contributed by atoms with Gasteiger partial charge in [0.25, 0.3) is 0 Å². The van der Waals surface area contributed by atoms with E-state index in [2.05, 4.69) is 25.9 Å². The van der Waals surface area contributed by atoms with E-state index in [1.54, 1.807) is 0 Å². The number of nitrogens with two attached hydrogens (primary N) is 1. The Bertz CT molecular complexity index is 543. The maximum Gasteiger partial charge on any atom is 0.172 e. The first-order valence-corrected chi connectivity index (χ1v) is 5.60. The number of anilines is 1. The normalized spacial score (nSPS) is 9.87. The van der Waals surface area contributed by atoms with Crippen molar-refractivity contribution >= 4 is 33.1 Å². The Kier molecular flexibility index (Phi) is 2.66. The van der Waals surface area contributed by atoms with Crippen molar-refractivity contribution in [2.75, 3.05) is 5.73 Å². The number of nitrogen functional groups attached to an aromatic ring is 1. The lowest BCUT2D eigenvalue weighted by Crippen LogP contribution is -1.96. The molecule has 0 aliphatic heterocycles. The van der Waals surface area contributed by atoms with Crippen LogP contribution in [0, 0.1) is 11.3 Å². The molecule has 0 bridgehead atoms. The molecule has 0 unspecified atom stereocenters. The second kappa shape index (κ2) is 3.96. The summed E-state index contributed by atoms with van der Waals surface area (Å²) < 4.78 is 0.988. The molecule has 0 atom stereocenters. The first kappa shape index (κ1) is 10.1. The lowest BCUT2D eigenvalue weighted by atomic mass is 10.4. The van der Waals surface area contributed by atoms with Crippen LogP contribution < -0.4 is 5.73 Å². The predicted molar refractivity (Wildman–Crippen MR) is 62.2 cm³/mol. The minimum absolute atomic E-state index is 0.280. The molecule has 0 radical (unpaired) electrons. The van der Waals surface area contributed by atoms with E-state index >= 15 is 0 Å². The molecule has 0 aliphatic rings. The highest BCUT2D eigenvalue weighted by Gasteiger charge is 2.07. The highest BCUT2D eigenvalue weighted by molar-refractivity contribution is 9.11. The SMILES string of the molecule is N#Cc1cc(N)nc(-c2ccc(Br)s2)n1. The Morgan fingerprint density at radius 1 is 1.40 bits per heavy atom. The summed E-state index contributed by atoms with van der Waals surface area (Å²) in [4.78, 5) is 9.02. The van der Waals surface area contributed by atoms with E-state index in [0.29, 0.717) is 11.6 Å². The number of halogens is 1. The van der Waals surface area contributed by atoms with E-state index in [0.717, 1.165) is 8.66 Å². The number of aromatic nitrogens is 2. The van der Waals surface area contributed by atoms with Crippen LogP contribution in [-0.2, 0) is 0 Å². The molecular formula is C9H5BrN4S. The van der Waals surface area contributed by atoms with Crippen LogP contribution in [0.3, 0.4) is 0 Å². The van der Waals surface area contributed by atoms with Crippen LogP contribution in [0.1, 0.15) is 5.69 Å². The maximum atomic E-state index is 8.74. The monoisotopic (exact) mass is 280 g/mol. The third kappa shape index (κ3) is 2.14. The van der Waals surface area contributed by atoms with E-state index in [4.69, 9.17) is 11.0 Å². The van der Waals surface area contributed by atoms with Crippen molar-refractivity contribution in [2.45, 2.75) is 0 Å². The second-order valence-corrected chi connectivity index (χ2v) is 5.18. The molecule has 2 rings (SSSR count). The van der Waals surface area contributed by atoms with Crippen LogP contribution in [0.15, 0.2) is 22.0 Å². The molecule has 0 saturated heterocycles. The zero-order chi connectivity index (χ0) is 10.8. The molecule has 0 aliphatic carbocycles. The first-order valence-electron chi connectivity index (χ1n) is 3.99. The number of hydrogen-bond donors (Lipinski definition) is 1. The largest absolute Gasteiger partial charge is 0.384 e. The molecule has 15 heavy (non-hydrogen) atoms. The second-order valence-electron chi connectivity index (χ2n) is 2.72. The van der Waals surface area contributed by atoms with Crippen LogP contribution in [0.4, 0.5) is 5.82 Å². The number of hydrogen-bond acceptors (Lipinski definition) is 5. The van der Waals surface area contributed by atoms with Crippen molar-refractivity contribution in [3.63, 3.8) is 0 Å². The van der Waals surface area contributed by atoms with Crippen molar-refractivity contribution in [1.29, 1.82) is 5.26 Å². The average Bonchev–Trinajstić information content (AvgIpc) is 2.64. The molecule has 2 aromatic rings. The summed E-state index contributed by atoms with van der Waals surface area (Å²) in [7, 11) is 0. The van der Waals surface area contributed by atoms with Gasteiger partial charge in [0.1, 0.15) is 17.6 Å². The Morgan fingerprint density at radius 2 is 2.20 bits per heavy atom. The van der Waals surface area contributed by atoms with Gasteiger partial charge in [-0.1, -0.05) is 0 Å². The fourth-order valence-electron chi connectivity index (χ4n) is 1.07. The Balaban J connectivity index is 2.54. The minimum atomic E-state index is 0.280. The van der Waals surface area contributed by atoms with Gasteiger partial charge in [-0.3, -0.25) is 0 Å². The van der Waals surface area contributed by atoms with E-state index in [9.17, 15) is 0 Å². The van der Waals surface area contributed by atoms with Crippen LogP contribution in [-0.4, -0.2) is 9.97 Å². The summed E-state index contributed by atoms with van der Waals surface area (Å²) >= 11 is 4.85. The molecule has 2 N–H and O–H groups in total. The molecule has 0 aromatic carbocycles. The number of thiophene rings is 1. The van der Waals surface area contributed by atoms with Gasteiger partial charge in [-0.2, -0.15) is 5.26 Å². The van der Waals surface area contributed by atoms with Crippen LogP contribution >= 0.6 is 27.3 Å². The zero-order valence-corrected chi connectivity index (χ0v) is 9.84. The van der Waals surface area contributed by atoms with Crippen molar-refractivity contribution in [3.05, 3.63) is 27.7 Å². The lowest BCUT2D eigenvalue weighted by molar-refractivity contribution is 1.16. The minimum Gasteiger partial charge on any atom is -0.384 e. The summed E-state index contributed by atoms with van der Waals surface area (Å²) in [6, 6.07) is 7.18. The molecule has 0 amide bonds. The lowest BCUT2D eigenvalue weighted by Gasteiger charge is -1.98. The van der Waals surface area contributed by atoms with Crippen molar-refractivity contribution < 1.29 is 0 Å². The molecule has 0 fully saturated rings. The molecule has 2 heterocycles. The first-order chi connectivity index (χ1) is 7.19. The van der Waals surface area contributed by atoms with E-state index in [-0.39, 0.29) is 5.69 Å². The third-order valence-corrected chi connectivity index (χ3v) is 3.27. The third-order valence-electron chi connectivity index (χ3n) is 1.65. The highest BCUT2D eigenvalue weighted by atomic mass is 79.9. The van der Waals surface area contributed by atoms with Gasteiger partial charge in [-0.15, -0.1) is 11.3 Å². The summed E-state index contributed by atoms with van der Waals surface area (Å²) in [5.74, 6) is 0.795. The van der Waals surface area contributed by atoms with Crippen LogP contribution in [0.2, 0.25) is 0 Å². The number of nitriles is 1. The molecule has 0 saturated carbocycles. The molecule has 0 spiro atoms. The summed E-state index contributed by atoms with van der Waals surface area (Å²) in [5.41, 5.74) is 5.85. The maximum absolute atomic E-state index is 8.74. The fraction of sp³-hybridized carbons (Fsp3) is 0. The van der Waals surface area contributed by atoms with Gasteiger partial charge < -0.3 is 5.73 Å². The quantitative estimate of drug-likeness (QED) is 0.871. The summed E-state index contributed by atoms with van der Waals surface area (Å²) in [6.45, 7) is 0. The Hall–Kier alpha value is -1.45. The Morgan fingerprint density at radius 3 is 2.80 bits per heavy atom. The summed E-state index contributed by atoms with van der Waals surface area (Å²) in [6.07, 6.45) is 0. The van der Waals surface area contributed by atoms with E-state index in [1.165, 1.54) is 17.4 Å². The molecular weight excluding hydrogens is 276 g/mol. The van der Waals surface area contributed by atoms with Gasteiger partial charge in [-0.05, 0) is 28.1 Å². The van der Waals surface area contributed by atoms with E-state index < -0.39 is 0 Å². The van der Waals surface area contributed by atoms with Crippen LogP contribution in [0.5, 0.6) is 0 Å². The van der Waals surface area contributed by atoms with E-state index in [1.807, 2.05) is 18.2 Å². The van der Waals surface area contributed by atoms with Gasteiger partial charge in [0.2, 0.25) is 0 Å². The fourth-order valence-corrected chi connectivity index (χ4v) is 2.39. The van der Waals surface area contributed by atoms with Crippen molar-refractivity contribution in [1.82, 2.24) is 9.97 Å². The predicted octanol–water partition coefficient (Wildman–Crippen LogP) is 2.42. The Labute approximate surface area is 98.5 Å². The van der Waals surface area contributed by atoms with Gasteiger partial charge in [0.05, 0.1) is 8.66 Å².